The van der Waals surface area contributed by atoms with Crippen LogP contribution in [0.4, 0.5) is 10.1 Å². The number of anilines is 1. The summed E-state index contributed by atoms with van der Waals surface area (Å²) in [6.07, 6.45) is 4.85. The minimum Gasteiger partial charge on any atom is -0.488 e. The van der Waals surface area contributed by atoms with Crippen LogP contribution in [-0.2, 0) is 19.1 Å². The van der Waals surface area contributed by atoms with Gasteiger partial charge in [-0.15, -0.1) is 0 Å². The minimum atomic E-state index is -0.415. The van der Waals surface area contributed by atoms with E-state index in [0.29, 0.717) is 29.2 Å². The molecule has 0 aromatic heterocycles. The highest BCUT2D eigenvalue weighted by molar-refractivity contribution is 6.32. The summed E-state index contributed by atoms with van der Waals surface area (Å²) in [6.45, 7) is 0.333. The Balaban J connectivity index is 1.61. The molecule has 2 heterocycles. The average Bonchev–Trinajstić information content (AvgIpc) is 3.29. The topological polar surface area (TPSA) is 64.6 Å². The minimum absolute atomic E-state index is 0.309. The van der Waals surface area contributed by atoms with E-state index >= 15 is 0 Å². The number of benzene rings is 2. The molecule has 28 heavy (non-hydrogen) atoms. The van der Waals surface area contributed by atoms with Crippen molar-refractivity contribution in [2.75, 3.05) is 19.0 Å². The highest BCUT2D eigenvalue weighted by atomic mass is 19.1. The molecule has 0 bridgehead atoms. The van der Waals surface area contributed by atoms with Crippen LogP contribution in [0.15, 0.2) is 60.4 Å². The van der Waals surface area contributed by atoms with E-state index in [2.05, 4.69) is 10.1 Å². The second kappa shape index (κ2) is 7.15. The zero-order valence-electron chi connectivity index (χ0n) is 15.0. The molecule has 2 aliphatic heterocycles. The fraction of sp³-hybridized carbons (Fsp3) is 0.0909. The lowest BCUT2D eigenvalue weighted by atomic mass is 10.0. The summed E-state index contributed by atoms with van der Waals surface area (Å²) in [5.41, 5.74) is 4.21. The largest absolute Gasteiger partial charge is 0.488 e. The van der Waals surface area contributed by atoms with Gasteiger partial charge >= 0.3 is 5.97 Å². The third-order valence-corrected chi connectivity index (χ3v) is 4.56. The Labute approximate surface area is 160 Å². The first kappa shape index (κ1) is 17.7. The van der Waals surface area contributed by atoms with Crippen molar-refractivity contribution in [1.82, 2.24) is 0 Å². The smallest absolute Gasteiger partial charge is 0.330 e. The van der Waals surface area contributed by atoms with Crippen LogP contribution in [-0.4, -0.2) is 25.6 Å². The Morgan fingerprint density at radius 3 is 2.75 bits per heavy atom. The molecule has 4 rings (SSSR count). The van der Waals surface area contributed by atoms with Gasteiger partial charge in [0.1, 0.15) is 18.2 Å². The Hall–Kier alpha value is -3.67. The Kier molecular flexibility index (Phi) is 4.53. The lowest BCUT2D eigenvalue weighted by molar-refractivity contribution is -0.134. The van der Waals surface area contributed by atoms with E-state index in [4.69, 9.17) is 4.74 Å². The van der Waals surface area contributed by atoms with Gasteiger partial charge in [0, 0.05) is 17.2 Å². The van der Waals surface area contributed by atoms with Crippen molar-refractivity contribution < 1.29 is 23.5 Å². The summed E-state index contributed by atoms with van der Waals surface area (Å²) in [6, 6.07) is 11.8. The van der Waals surface area contributed by atoms with E-state index < -0.39 is 11.8 Å². The molecule has 0 radical (unpaired) electrons. The molecule has 6 heteroatoms. The summed E-state index contributed by atoms with van der Waals surface area (Å²) in [5.74, 6) is -0.665. The van der Waals surface area contributed by atoms with Gasteiger partial charge in [-0.05, 0) is 41.5 Å². The Bertz CT molecular complexity index is 1060. The summed E-state index contributed by atoms with van der Waals surface area (Å²) in [7, 11) is 1.33. The van der Waals surface area contributed by atoms with Crippen molar-refractivity contribution in [2.24, 2.45) is 0 Å². The van der Waals surface area contributed by atoms with E-state index in [1.807, 2.05) is 30.3 Å². The number of fused-ring (bicyclic) bond motifs is 1. The third kappa shape index (κ3) is 3.32. The molecular formula is C22H16FNO4. The highest BCUT2D eigenvalue weighted by Gasteiger charge is 2.30. The molecule has 1 amide bonds. The van der Waals surface area contributed by atoms with Gasteiger partial charge in [-0.2, -0.15) is 0 Å². The van der Waals surface area contributed by atoms with Crippen LogP contribution >= 0.6 is 0 Å². The van der Waals surface area contributed by atoms with Crippen molar-refractivity contribution in [1.29, 1.82) is 0 Å². The molecule has 140 valence electrons. The summed E-state index contributed by atoms with van der Waals surface area (Å²) in [4.78, 5) is 23.5. The van der Waals surface area contributed by atoms with Crippen molar-refractivity contribution in [3.05, 3.63) is 82.9 Å². The lowest BCUT2D eigenvalue weighted by Crippen LogP contribution is -2.05. The molecule has 5 nitrogen and oxygen atoms in total. The molecular weight excluding hydrogens is 361 g/mol. The number of ether oxygens (including phenoxy) is 2. The van der Waals surface area contributed by atoms with Crippen LogP contribution in [0.5, 0.6) is 0 Å². The maximum absolute atomic E-state index is 13.4. The van der Waals surface area contributed by atoms with Gasteiger partial charge in [-0.25, -0.2) is 9.18 Å². The first-order valence-electron chi connectivity index (χ1n) is 8.60. The first-order valence-corrected chi connectivity index (χ1v) is 8.60. The zero-order chi connectivity index (χ0) is 19.7. The number of halogens is 1. The number of allylic oxidation sites excluding steroid dienone is 1. The third-order valence-electron chi connectivity index (χ3n) is 4.56. The molecule has 0 aliphatic carbocycles. The zero-order valence-corrected chi connectivity index (χ0v) is 15.0. The van der Waals surface area contributed by atoms with Gasteiger partial charge in [0.2, 0.25) is 0 Å². The maximum Gasteiger partial charge on any atom is 0.330 e. The molecule has 0 unspecified atom stereocenters. The second-order valence-corrected chi connectivity index (χ2v) is 6.32. The van der Waals surface area contributed by atoms with Gasteiger partial charge in [-0.3, -0.25) is 4.79 Å². The molecule has 2 aromatic rings. The van der Waals surface area contributed by atoms with E-state index in [0.717, 1.165) is 16.7 Å². The Morgan fingerprint density at radius 2 is 2.00 bits per heavy atom. The van der Waals surface area contributed by atoms with Crippen LogP contribution in [0.2, 0.25) is 0 Å². The average molecular weight is 377 g/mol. The maximum atomic E-state index is 13.4. The van der Waals surface area contributed by atoms with Crippen molar-refractivity contribution in [3.8, 4) is 0 Å². The lowest BCUT2D eigenvalue weighted by Gasteiger charge is -2.03. The predicted octanol–water partition coefficient (Wildman–Crippen LogP) is 3.79. The van der Waals surface area contributed by atoms with E-state index in [9.17, 15) is 14.0 Å². The molecule has 2 aromatic carbocycles. The number of hydrogen-bond acceptors (Lipinski definition) is 4. The summed E-state index contributed by atoms with van der Waals surface area (Å²) in [5, 5.41) is 2.66. The van der Waals surface area contributed by atoms with Crippen LogP contribution < -0.4 is 5.32 Å². The highest BCUT2D eigenvalue weighted by Crippen LogP contribution is 2.38. The number of carbonyl (C=O) groups is 2. The first-order chi connectivity index (χ1) is 13.5. The van der Waals surface area contributed by atoms with Crippen molar-refractivity contribution in [2.45, 2.75) is 0 Å². The van der Waals surface area contributed by atoms with Gasteiger partial charge in [0.25, 0.3) is 5.91 Å². The number of rotatable bonds is 3. The monoisotopic (exact) mass is 377 g/mol. The standard InChI is InChI=1S/C22H16FNO4/c1-27-20(25)9-4-13-2-5-14(6-3-13)15-10-19(28-12-15)21-17-8-7-16(23)11-18(17)24-22(21)26/h2-11H,12H2,1H3,(H,24,26). The normalized spacial score (nSPS) is 17.9. The van der Waals surface area contributed by atoms with Crippen LogP contribution in [0.1, 0.15) is 16.7 Å². The summed E-state index contributed by atoms with van der Waals surface area (Å²) < 4.78 is 23.7. The molecule has 2 aliphatic rings. The summed E-state index contributed by atoms with van der Waals surface area (Å²) >= 11 is 0. The van der Waals surface area contributed by atoms with Crippen molar-refractivity contribution >= 4 is 34.8 Å². The van der Waals surface area contributed by atoms with Gasteiger partial charge in [0.05, 0.1) is 18.4 Å². The molecule has 0 fully saturated rings. The van der Waals surface area contributed by atoms with Crippen LogP contribution in [0.25, 0.3) is 17.2 Å². The SMILES string of the molecule is COC(=O)C=Cc1ccc(C2=CC(=C3C(=O)Nc4cc(F)ccc43)OC2)cc1. The molecule has 0 spiro atoms. The quantitative estimate of drug-likeness (QED) is 0.653. The fourth-order valence-corrected chi connectivity index (χ4v) is 3.14. The van der Waals surface area contributed by atoms with Crippen LogP contribution in [0.3, 0.4) is 0 Å². The van der Waals surface area contributed by atoms with Crippen LogP contribution in [0, 0.1) is 5.82 Å². The van der Waals surface area contributed by atoms with E-state index in [-0.39, 0.29) is 5.91 Å². The van der Waals surface area contributed by atoms with E-state index in [1.54, 1.807) is 12.1 Å². The van der Waals surface area contributed by atoms with E-state index in [1.165, 1.54) is 25.3 Å². The fourth-order valence-electron chi connectivity index (χ4n) is 3.14. The molecule has 0 saturated carbocycles. The number of amides is 1. The number of hydrogen-bond donors (Lipinski definition) is 1. The van der Waals surface area contributed by atoms with Gasteiger partial charge in [0.15, 0.2) is 0 Å². The number of methoxy groups -OCH3 is 1. The predicted molar refractivity (Wildman–Crippen MR) is 103 cm³/mol. The molecule has 1 N–H and O–H groups in total. The Morgan fingerprint density at radius 1 is 1.21 bits per heavy atom. The second-order valence-electron chi connectivity index (χ2n) is 6.32. The number of esters is 1. The molecule has 0 saturated heterocycles. The van der Waals surface area contributed by atoms with Gasteiger partial charge < -0.3 is 14.8 Å². The number of nitrogens with one attached hydrogen (secondary N) is 1. The molecule has 0 atom stereocenters. The van der Waals surface area contributed by atoms with Crippen molar-refractivity contribution in [3.63, 3.8) is 0 Å². The number of carbonyl (C=O) groups excluding carboxylic acids is 2. The van der Waals surface area contributed by atoms with Gasteiger partial charge in [-0.1, -0.05) is 24.3 Å².